The lowest BCUT2D eigenvalue weighted by molar-refractivity contribution is -0.139. The summed E-state index contributed by atoms with van der Waals surface area (Å²) in [5.41, 5.74) is 1.34. The maximum Gasteiger partial charge on any atom is 0.264 e. The fraction of sp³-hybridized carbons (Fsp3) is 0.188. The van der Waals surface area contributed by atoms with Gasteiger partial charge >= 0.3 is 0 Å². The Kier molecular flexibility index (Phi) is 9.69. The molecule has 0 unspecified atom stereocenters. The second kappa shape index (κ2) is 13.4. The zero-order valence-corrected chi connectivity index (χ0v) is 24.0. The quantitative estimate of drug-likeness (QED) is 0.270. The zero-order valence-electron chi connectivity index (χ0n) is 23.2. The molecule has 0 aliphatic heterocycles. The maximum atomic E-state index is 15.1. The first-order chi connectivity index (χ1) is 20.1. The number of hydrogen-bond donors (Lipinski definition) is 1. The first-order valence-electron chi connectivity index (χ1n) is 13.2. The van der Waals surface area contributed by atoms with Gasteiger partial charge in [0.2, 0.25) is 11.8 Å². The Bertz CT molecular complexity index is 1650. The van der Waals surface area contributed by atoms with Gasteiger partial charge in [0.25, 0.3) is 10.0 Å². The standard InChI is InChI=1S/C32H31F2N3O4S/c1-23-16-18-26(19-17-23)42(40,41)37(29-15-9-8-14-28(29)34)22-31(38)36(21-25-12-6-7-13-27(25)33)30(32(39)35-2)20-24-10-4-3-5-11-24/h3-19,30H,20-22H2,1-2H3,(H,35,39)/t30-/m1/s1. The molecule has 1 N–H and O–H groups in total. The minimum atomic E-state index is -4.44. The highest BCUT2D eigenvalue weighted by Crippen LogP contribution is 2.27. The summed E-state index contributed by atoms with van der Waals surface area (Å²) < 4.78 is 58.3. The van der Waals surface area contributed by atoms with E-state index < -0.39 is 46.1 Å². The second-order valence-electron chi connectivity index (χ2n) is 9.71. The van der Waals surface area contributed by atoms with Gasteiger partial charge in [-0.15, -0.1) is 0 Å². The summed E-state index contributed by atoms with van der Waals surface area (Å²) in [5, 5.41) is 2.56. The summed E-state index contributed by atoms with van der Waals surface area (Å²) in [6.45, 7) is 0.626. The Labute approximate surface area is 244 Å². The average Bonchev–Trinajstić information content (AvgIpc) is 2.99. The average molecular weight is 592 g/mol. The number of nitrogens with one attached hydrogen (secondary N) is 1. The van der Waals surface area contributed by atoms with E-state index in [1.807, 2.05) is 6.07 Å². The molecule has 2 amide bonds. The molecule has 4 rings (SSSR count). The van der Waals surface area contributed by atoms with E-state index in [2.05, 4.69) is 5.32 Å². The Morgan fingerprint density at radius 2 is 1.40 bits per heavy atom. The van der Waals surface area contributed by atoms with E-state index in [1.54, 1.807) is 49.4 Å². The Morgan fingerprint density at radius 3 is 2.02 bits per heavy atom. The summed E-state index contributed by atoms with van der Waals surface area (Å²) in [5.74, 6) is -2.79. The number of rotatable bonds is 11. The molecule has 42 heavy (non-hydrogen) atoms. The van der Waals surface area contributed by atoms with Gasteiger partial charge in [-0.3, -0.25) is 13.9 Å². The van der Waals surface area contributed by atoms with Crippen LogP contribution >= 0.6 is 0 Å². The van der Waals surface area contributed by atoms with Gasteiger partial charge in [0.1, 0.15) is 24.2 Å². The third kappa shape index (κ3) is 7.01. The van der Waals surface area contributed by atoms with Crippen LogP contribution in [0.3, 0.4) is 0 Å². The normalized spacial score (nSPS) is 11.9. The lowest BCUT2D eigenvalue weighted by atomic mass is 10.0. The Hall–Kier alpha value is -4.57. The van der Waals surface area contributed by atoms with Crippen molar-refractivity contribution in [3.8, 4) is 0 Å². The monoisotopic (exact) mass is 591 g/mol. The van der Waals surface area contributed by atoms with Crippen LogP contribution in [-0.2, 0) is 32.6 Å². The van der Waals surface area contributed by atoms with Crippen LogP contribution < -0.4 is 9.62 Å². The van der Waals surface area contributed by atoms with E-state index in [0.29, 0.717) is 4.31 Å². The van der Waals surface area contributed by atoms with E-state index in [4.69, 9.17) is 0 Å². The van der Waals surface area contributed by atoms with E-state index in [9.17, 15) is 22.4 Å². The van der Waals surface area contributed by atoms with E-state index >= 15 is 4.39 Å². The molecule has 0 aliphatic carbocycles. The van der Waals surface area contributed by atoms with Crippen molar-refractivity contribution in [3.05, 3.63) is 131 Å². The van der Waals surface area contributed by atoms with Gasteiger partial charge in [-0.05, 0) is 42.8 Å². The molecule has 218 valence electrons. The lowest BCUT2D eigenvalue weighted by Gasteiger charge is -2.33. The van der Waals surface area contributed by atoms with Crippen LogP contribution in [0.15, 0.2) is 108 Å². The number of anilines is 1. The highest BCUT2D eigenvalue weighted by Gasteiger charge is 2.35. The molecule has 0 heterocycles. The van der Waals surface area contributed by atoms with Gasteiger partial charge in [0, 0.05) is 25.6 Å². The van der Waals surface area contributed by atoms with Gasteiger partial charge in [-0.1, -0.05) is 78.4 Å². The molecule has 4 aromatic carbocycles. The molecule has 0 aliphatic rings. The third-order valence-electron chi connectivity index (χ3n) is 6.83. The van der Waals surface area contributed by atoms with Gasteiger partial charge < -0.3 is 10.2 Å². The van der Waals surface area contributed by atoms with Crippen LogP contribution in [0.5, 0.6) is 0 Å². The van der Waals surface area contributed by atoms with Crippen LogP contribution in [0.4, 0.5) is 14.5 Å². The number of benzene rings is 4. The predicted octanol–water partition coefficient (Wildman–Crippen LogP) is 4.85. The van der Waals surface area contributed by atoms with Gasteiger partial charge in [0.05, 0.1) is 10.6 Å². The number of carbonyl (C=O) groups is 2. The second-order valence-corrected chi connectivity index (χ2v) is 11.6. The summed E-state index contributed by atoms with van der Waals surface area (Å²) >= 11 is 0. The van der Waals surface area contributed by atoms with Gasteiger partial charge in [-0.2, -0.15) is 0 Å². The SMILES string of the molecule is CNC(=O)[C@@H](Cc1ccccc1)N(Cc1ccccc1F)C(=O)CN(c1ccccc1F)S(=O)(=O)c1ccc(C)cc1. The summed E-state index contributed by atoms with van der Waals surface area (Å²) in [6.07, 6.45) is 0.0745. The minimum Gasteiger partial charge on any atom is -0.357 e. The van der Waals surface area contributed by atoms with Crippen molar-refractivity contribution in [2.45, 2.75) is 30.8 Å². The molecule has 0 fully saturated rings. The number of nitrogens with zero attached hydrogens (tertiary/aromatic N) is 2. The smallest absolute Gasteiger partial charge is 0.264 e. The fourth-order valence-corrected chi connectivity index (χ4v) is 5.96. The number of likely N-dealkylation sites (N-methyl/N-ethyl adjacent to an activating group) is 1. The number of aryl methyl sites for hydroxylation is 1. The molecular formula is C32H31F2N3O4S. The van der Waals surface area contributed by atoms with Crippen LogP contribution in [0, 0.1) is 18.6 Å². The molecule has 0 spiro atoms. The largest absolute Gasteiger partial charge is 0.357 e. The first kappa shape index (κ1) is 30.4. The van der Waals surface area contributed by atoms with Gasteiger partial charge in [0.15, 0.2) is 0 Å². The molecule has 0 radical (unpaired) electrons. The van der Waals surface area contributed by atoms with Crippen molar-refractivity contribution in [3.63, 3.8) is 0 Å². The summed E-state index contributed by atoms with van der Waals surface area (Å²) in [6, 6.07) is 24.8. The van der Waals surface area contributed by atoms with Crippen molar-refractivity contribution in [2.24, 2.45) is 0 Å². The van der Waals surface area contributed by atoms with E-state index in [1.165, 1.54) is 55.6 Å². The zero-order chi connectivity index (χ0) is 30.3. The van der Waals surface area contributed by atoms with Gasteiger partial charge in [-0.25, -0.2) is 17.2 Å². The third-order valence-corrected chi connectivity index (χ3v) is 8.60. The van der Waals surface area contributed by atoms with Crippen molar-refractivity contribution in [1.82, 2.24) is 10.2 Å². The molecular weight excluding hydrogens is 560 g/mol. The van der Waals surface area contributed by atoms with Crippen LogP contribution in [0.2, 0.25) is 0 Å². The van der Waals surface area contributed by atoms with Crippen LogP contribution in [-0.4, -0.2) is 44.8 Å². The molecule has 1 atom stereocenters. The van der Waals surface area contributed by atoms with Crippen LogP contribution in [0.1, 0.15) is 16.7 Å². The Balaban J connectivity index is 1.80. The maximum absolute atomic E-state index is 15.1. The first-order valence-corrected chi connectivity index (χ1v) is 14.7. The highest BCUT2D eigenvalue weighted by atomic mass is 32.2. The summed E-state index contributed by atoms with van der Waals surface area (Å²) in [4.78, 5) is 28.3. The molecule has 0 bridgehead atoms. The fourth-order valence-electron chi connectivity index (χ4n) is 4.54. The highest BCUT2D eigenvalue weighted by molar-refractivity contribution is 7.92. The topological polar surface area (TPSA) is 86.8 Å². The number of amides is 2. The molecule has 0 aromatic heterocycles. The predicted molar refractivity (Wildman–Crippen MR) is 157 cm³/mol. The molecule has 0 saturated carbocycles. The lowest BCUT2D eigenvalue weighted by Crippen LogP contribution is -2.53. The van der Waals surface area contributed by atoms with Crippen molar-refractivity contribution >= 4 is 27.5 Å². The van der Waals surface area contributed by atoms with Crippen molar-refractivity contribution in [2.75, 3.05) is 17.9 Å². The van der Waals surface area contributed by atoms with Crippen molar-refractivity contribution < 1.29 is 26.8 Å². The Morgan fingerprint density at radius 1 is 0.810 bits per heavy atom. The molecule has 10 heteroatoms. The molecule has 0 saturated heterocycles. The van der Waals surface area contributed by atoms with E-state index in [-0.39, 0.29) is 29.1 Å². The number of halogens is 2. The number of para-hydroxylation sites is 1. The molecule has 4 aromatic rings. The number of hydrogen-bond acceptors (Lipinski definition) is 4. The van der Waals surface area contributed by atoms with E-state index in [0.717, 1.165) is 22.1 Å². The number of carbonyl (C=O) groups excluding carboxylic acids is 2. The minimum absolute atomic E-state index is 0.0745. The summed E-state index contributed by atoms with van der Waals surface area (Å²) in [7, 11) is -3.03. The van der Waals surface area contributed by atoms with Crippen LogP contribution in [0.25, 0.3) is 0 Å². The van der Waals surface area contributed by atoms with Crippen molar-refractivity contribution in [1.29, 1.82) is 0 Å². The number of sulfonamides is 1. The molecule has 7 nitrogen and oxygen atoms in total.